The topological polar surface area (TPSA) is 99.2 Å². The summed E-state index contributed by atoms with van der Waals surface area (Å²) in [7, 11) is 2.12. The van der Waals surface area contributed by atoms with E-state index in [0.29, 0.717) is 38.1 Å². The third-order valence-corrected chi connectivity index (χ3v) is 6.17. The molecule has 1 aliphatic rings. The molecule has 0 spiro atoms. The van der Waals surface area contributed by atoms with Crippen LogP contribution in [0.3, 0.4) is 0 Å². The monoisotopic (exact) mass is 458 g/mol. The van der Waals surface area contributed by atoms with E-state index in [1.54, 1.807) is 19.2 Å². The molecule has 31 heavy (non-hydrogen) atoms. The highest BCUT2D eigenvalue weighted by molar-refractivity contribution is 7.17. The fourth-order valence-corrected chi connectivity index (χ4v) is 4.18. The van der Waals surface area contributed by atoms with Crippen molar-refractivity contribution in [1.29, 1.82) is 0 Å². The van der Waals surface area contributed by atoms with Gasteiger partial charge < -0.3 is 20.4 Å². The van der Waals surface area contributed by atoms with Crippen LogP contribution in [0, 0.1) is 13.8 Å². The summed E-state index contributed by atoms with van der Waals surface area (Å²) in [6.45, 7) is 7.49. The number of nitrogens with zero attached hydrogens (tertiary/aromatic N) is 6. The van der Waals surface area contributed by atoms with E-state index in [0.717, 1.165) is 32.0 Å². The molecule has 162 valence electrons. The van der Waals surface area contributed by atoms with Crippen molar-refractivity contribution in [1.82, 2.24) is 24.8 Å². The van der Waals surface area contributed by atoms with Crippen molar-refractivity contribution < 1.29 is 4.79 Å². The van der Waals surface area contributed by atoms with Crippen molar-refractivity contribution in [3.8, 4) is 0 Å². The summed E-state index contributed by atoms with van der Waals surface area (Å²) in [5, 5.41) is 7.02. The zero-order valence-corrected chi connectivity index (χ0v) is 19.1. The van der Waals surface area contributed by atoms with Crippen LogP contribution in [0.1, 0.15) is 21.2 Å². The van der Waals surface area contributed by atoms with Gasteiger partial charge in [-0.15, -0.1) is 0 Å². The molecule has 9 nitrogen and oxygen atoms in total. The second-order valence-corrected chi connectivity index (χ2v) is 8.75. The summed E-state index contributed by atoms with van der Waals surface area (Å²) in [5.74, 6) is 1.92. The van der Waals surface area contributed by atoms with Gasteiger partial charge >= 0.3 is 0 Å². The van der Waals surface area contributed by atoms with E-state index >= 15 is 0 Å². The molecule has 0 unspecified atom stereocenters. The Hall–Kier alpha value is -2.82. The van der Waals surface area contributed by atoms with Crippen molar-refractivity contribution in [3.63, 3.8) is 0 Å². The van der Waals surface area contributed by atoms with Gasteiger partial charge in [0.2, 0.25) is 0 Å². The Morgan fingerprint density at radius 2 is 1.94 bits per heavy atom. The smallest absolute Gasteiger partial charge is 0.267 e. The lowest BCUT2D eigenvalue weighted by atomic mass is 10.3. The molecular formula is C20H23ClN8OS. The lowest BCUT2D eigenvalue weighted by molar-refractivity contribution is 0.103. The summed E-state index contributed by atoms with van der Waals surface area (Å²) >= 11 is 7.41. The highest BCUT2D eigenvalue weighted by Gasteiger charge is 2.18. The van der Waals surface area contributed by atoms with E-state index in [-0.39, 0.29) is 5.91 Å². The van der Waals surface area contributed by atoms with Crippen LogP contribution in [-0.4, -0.2) is 64.0 Å². The molecule has 2 N–H and O–H groups in total. The van der Waals surface area contributed by atoms with Gasteiger partial charge in [-0.3, -0.25) is 9.78 Å². The highest BCUT2D eigenvalue weighted by Crippen LogP contribution is 2.27. The molecule has 0 aliphatic carbocycles. The highest BCUT2D eigenvalue weighted by atomic mass is 35.5. The number of aryl methyl sites for hydroxylation is 2. The van der Waals surface area contributed by atoms with E-state index in [1.807, 2.05) is 13.0 Å². The number of hydrogen-bond donors (Lipinski definition) is 2. The van der Waals surface area contributed by atoms with Crippen LogP contribution < -0.4 is 15.5 Å². The molecule has 1 fully saturated rings. The van der Waals surface area contributed by atoms with Crippen LogP contribution in [0.5, 0.6) is 0 Å². The van der Waals surface area contributed by atoms with Crippen LogP contribution in [0.25, 0.3) is 0 Å². The first kappa shape index (κ1) is 21.4. The van der Waals surface area contributed by atoms with E-state index in [2.05, 4.69) is 47.4 Å². The molecule has 1 aliphatic heterocycles. The molecule has 0 atom stereocenters. The van der Waals surface area contributed by atoms with Gasteiger partial charge in [-0.1, -0.05) is 22.9 Å². The maximum absolute atomic E-state index is 12.6. The number of halogens is 1. The summed E-state index contributed by atoms with van der Waals surface area (Å²) in [5.41, 5.74) is 1.15. The van der Waals surface area contributed by atoms with Gasteiger partial charge in [-0.05, 0) is 27.0 Å². The first-order chi connectivity index (χ1) is 14.9. The normalized spacial score (nSPS) is 14.5. The van der Waals surface area contributed by atoms with Crippen LogP contribution >= 0.6 is 22.9 Å². The number of pyridine rings is 1. The quantitative estimate of drug-likeness (QED) is 0.600. The van der Waals surface area contributed by atoms with Gasteiger partial charge in [0, 0.05) is 38.4 Å². The molecule has 0 radical (unpaired) electrons. The van der Waals surface area contributed by atoms with E-state index < -0.39 is 0 Å². The predicted octanol–water partition coefficient (Wildman–Crippen LogP) is 3.35. The molecule has 4 heterocycles. The minimum atomic E-state index is -0.291. The first-order valence-corrected chi connectivity index (χ1v) is 11.0. The summed E-state index contributed by atoms with van der Waals surface area (Å²) < 4.78 is 0. The number of carbonyl (C=O) groups is 1. The third kappa shape index (κ3) is 5.09. The molecule has 0 aromatic carbocycles. The molecule has 11 heteroatoms. The second kappa shape index (κ2) is 9.13. The Labute approximate surface area is 189 Å². The van der Waals surface area contributed by atoms with Gasteiger partial charge in [0.1, 0.15) is 22.3 Å². The zero-order valence-electron chi connectivity index (χ0n) is 17.5. The van der Waals surface area contributed by atoms with Gasteiger partial charge in [-0.2, -0.15) is 0 Å². The minimum Gasteiger partial charge on any atom is -0.354 e. The number of carbonyl (C=O) groups excluding carboxylic acids is 1. The standard InChI is InChI=1S/C20H23ClN8OS/c1-12-18(14(21)4-5-22-12)27-19(30)15-11-23-20(31-15)26-16-10-17(25-13(2)24-16)29-8-6-28(3)7-9-29/h4-5,10-11H,6-9H2,1-3H3,(H,27,30)(H,23,24,25,26). The SMILES string of the molecule is Cc1nc(Nc2ncc(C(=O)Nc3c(Cl)ccnc3C)s2)cc(N2CCN(C)CC2)n1. The lowest BCUT2D eigenvalue weighted by Gasteiger charge is -2.33. The van der Waals surface area contributed by atoms with Crippen molar-refractivity contribution >= 4 is 51.3 Å². The van der Waals surface area contributed by atoms with Crippen LogP contribution in [0.15, 0.2) is 24.5 Å². The molecule has 1 saturated heterocycles. The van der Waals surface area contributed by atoms with Gasteiger partial charge in [0.25, 0.3) is 5.91 Å². The van der Waals surface area contributed by atoms with Crippen molar-refractivity contribution in [2.45, 2.75) is 13.8 Å². The minimum absolute atomic E-state index is 0.291. The molecule has 3 aromatic heterocycles. The average molecular weight is 459 g/mol. The number of nitrogens with one attached hydrogen (secondary N) is 2. The summed E-state index contributed by atoms with van der Waals surface area (Å²) in [6.07, 6.45) is 3.12. The third-order valence-electron chi connectivity index (χ3n) is 4.94. The first-order valence-electron chi connectivity index (χ1n) is 9.83. The number of aromatic nitrogens is 4. The zero-order chi connectivity index (χ0) is 22.0. The Kier molecular flexibility index (Phi) is 6.30. The predicted molar refractivity (Wildman–Crippen MR) is 124 cm³/mol. The molecule has 0 saturated carbocycles. The van der Waals surface area contributed by atoms with Crippen LogP contribution in [0.4, 0.5) is 22.5 Å². The number of amides is 1. The van der Waals surface area contributed by atoms with Gasteiger partial charge in [0.15, 0.2) is 5.13 Å². The molecular weight excluding hydrogens is 436 g/mol. The van der Waals surface area contributed by atoms with E-state index in [9.17, 15) is 4.79 Å². The molecule has 3 aromatic rings. The Balaban J connectivity index is 1.47. The summed E-state index contributed by atoms with van der Waals surface area (Å²) in [6, 6.07) is 3.55. The van der Waals surface area contributed by atoms with Crippen molar-refractivity contribution in [3.05, 3.63) is 45.9 Å². The molecule has 4 rings (SSSR count). The average Bonchev–Trinajstić information content (AvgIpc) is 3.19. The van der Waals surface area contributed by atoms with Crippen LogP contribution in [0.2, 0.25) is 5.02 Å². The molecule has 0 bridgehead atoms. The Morgan fingerprint density at radius 3 is 2.68 bits per heavy atom. The van der Waals surface area contributed by atoms with E-state index in [4.69, 9.17) is 11.6 Å². The number of hydrogen-bond acceptors (Lipinski definition) is 9. The maximum Gasteiger partial charge on any atom is 0.267 e. The Bertz CT molecular complexity index is 1080. The fraction of sp³-hybridized carbons (Fsp3) is 0.350. The lowest BCUT2D eigenvalue weighted by Crippen LogP contribution is -2.44. The second-order valence-electron chi connectivity index (χ2n) is 7.31. The largest absolute Gasteiger partial charge is 0.354 e. The number of anilines is 4. The van der Waals surface area contributed by atoms with Crippen molar-refractivity contribution in [2.75, 3.05) is 48.8 Å². The van der Waals surface area contributed by atoms with Crippen LogP contribution in [-0.2, 0) is 0 Å². The fourth-order valence-electron chi connectivity index (χ4n) is 3.22. The molecule has 1 amide bonds. The van der Waals surface area contributed by atoms with Gasteiger partial charge in [0.05, 0.1) is 22.6 Å². The van der Waals surface area contributed by atoms with E-state index in [1.165, 1.54) is 17.5 Å². The van der Waals surface area contributed by atoms with Gasteiger partial charge in [-0.25, -0.2) is 15.0 Å². The summed E-state index contributed by atoms with van der Waals surface area (Å²) in [4.78, 5) is 35.2. The number of rotatable bonds is 5. The van der Waals surface area contributed by atoms with Crippen molar-refractivity contribution in [2.24, 2.45) is 0 Å². The number of thiazole rings is 1. The number of piperazine rings is 1. The Morgan fingerprint density at radius 1 is 1.16 bits per heavy atom. The number of likely N-dealkylation sites (N-methyl/N-ethyl adjacent to an activating group) is 1. The maximum atomic E-state index is 12.6.